The van der Waals surface area contributed by atoms with E-state index in [0.29, 0.717) is 35.6 Å². The molecule has 8 nitrogen and oxygen atoms in total. The average molecular weight is 484 g/mol. The predicted molar refractivity (Wildman–Crippen MR) is 127 cm³/mol. The largest absolute Gasteiger partial charge is 0.416 e. The van der Waals surface area contributed by atoms with Crippen LogP contribution >= 0.6 is 0 Å². The number of rotatable bonds is 3. The SMILES string of the molecule is CN(C)C1CCN(C(=O)c2ccc3[nH]c(-c4nc5cc(C(F)(F)F)ccc5[nH]c4=O)c(N)c3c2)C1. The smallest absolute Gasteiger partial charge is 0.396 e. The second-order valence-corrected chi connectivity index (χ2v) is 8.98. The van der Waals surface area contributed by atoms with Gasteiger partial charge < -0.3 is 25.5 Å². The van der Waals surface area contributed by atoms with Gasteiger partial charge in [-0.15, -0.1) is 0 Å². The second kappa shape index (κ2) is 8.12. The van der Waals surface area contributed by atoms with Crippen molar-refractivity contribution in [2.24, 2.45) is 0 Å². The van der Waals surface area contributed by atoms with Crippen LogP contribution in [0.1, 0.15) is 22.3 Å². The Kier molecular flexibility index (Phi) is 5.32. The maximum atomic E-state index is 13.1. The molecule has 2 aromatic carbocycles. The minimum absolute atomic E-state index is 0.0205. The van der Waals surface area contributed by atoms with Gasteiger partial charge in [0.2, 0.25) is 0 Å². The van der Waals surface area contributed by atoms with Crippen molar-refractivity contribution < 1.29 is 18.0 Å². The van der Waals surface area contributed by atoms with E-state index in [-0.39, 0.29) is 34.0 Å². The van der Waals surface area contributed by atoms with E-state index in [0.717, 1.165) is 18.6 Å². The summed E-state index contributed by atoms with van der Waals surface area (Å²) in [6.07, 6.45) is -3.65. The molecule has 4 N–H and O–H groups in total. The summed E-state index contributed by atoms with van der Waals surface area (Å²) in [5.41, 5.74) is 6.29. The molecule has 1 atom stereocenters. The number of hydrogen-bond acceptors (Lipinski definition) is 5. The highest BCUT2D eigenvalue weighted by atomic mass is 19.4. The van der Waals surface area contributed by atoms with Crippen molar-refractivity contribution in [3.8, 4) is 11.4 Å². The number of benzene rings is 2. The molecular formula is C24H23F3N6O2. The number of aromatic nitrogens is 3. The Morgan fingerprint density at radius 1 is 1.14 bits per heavy atom. The van der Waals surface area contributed by atoms with Crippen LogP contribution in [-0.2, 0) is 6.18 Å². The quantitative estimate of drug-likeness (QED) is 0.413. The lowest BCUT2D eigenvalue weighted by atomic mass is 10.1. The van der Waals surface area contributed by atoms with Crippen molar-refractivity contribution in [1.82, 2.24) is 24.8 Å². The summed E-state index contributed by atoms with van der Waals surface area (Å²) in [7, 11) is 3.97. The fraction of sp³-hybridized carbons (Fsp3) is 0.292. The fourth-order valence-corrected chi connectivity index (χ4v) is 4.49. The molecule has 0 saturated carbocycles. The number of carbonyl (C=O) groups is 1. The van der Waals surface area contributed by atoms with E-state index >= 15 is 0 Å². The first-order valence-corrected chi connectivity index (χ1v) is 11.0. The number of halogens is 3. The zero-order chi connectivity index (χ0) is 25.1. The van der Waals surface area contributed by atoms with E-state index in [4.69, 9.17) is 5.73 Å². The molecule has 0 radical (unpaired) electrons. The standard InChI is InChI=1S/C24H23F3N6O2/c1-32(2)14-7-8-33(11-14)23(35)12-3-5-16-15(9-12)19(28)20(29-16)21-22(34)31-17-6-4-13(24(25,26)27)10-18(17)30-21/h3-6,9-10,14,29H,7-8,11,28H2,1-2H3,(H,31,34). The number of anilines is 1. The highest BCUT2D eigenvalue weighted by molar-refractivity contribution is 6.04. The molecule has 5 rings (SSSR count). The van der Waals surface area contributed by atoms with Crippen LogP contribution < -0.4 is 11.3 Å². The van der Waals surface area contributed by atoms with E-state index in [1.807, 2.05) is 14.1 Å². The number of carbonyl (C=O) groups excluding carboxylic acids is 1. The Bertz CT molecular complexity index is 1520. The zero-order valence-corrected chi connectivity index (χ0v) is 19.0. The molecule has 11 heteroatoms. The third kappa shape index (κ3) is 4.01. The van der Waals surface area contributed by atoms with Crippen LogP contribution in [0.5, 0.6) is 0 Å². The lowest BCUT2D eigenvalue weighted by molar-refractivity contribution is -0.137. The van der Waals surface area contributed by atoms with E-state index in [2.05, 4.69) is 19.9 Å². The minimum atomic E-state index is -4.54. The summed E-state index contributed by atoms with van der Waals surface area (Å²) in [4.78, 5) is 39.4. The van der Waals surface area contributed by atoms with Gasteiger partial charge in [0, 0.05) is 35.6 Å². The summed E-state index contributed by atoms with van der Waals surface area (Å²) in [5, 5.41) is 0.527. The second-order valence-electron chi connectivity index (χ2n) is 8.98. The Balaban J connectivity index is 1.54. The minimum Gasteiger partial charge on any atom is -0.396 e. The van der Waals surface area contributed by atoms with Gasteiger partial charge in [-0.3, -0.25) is 9.59 Å². The molecule has 1 saturated heterocycles. The Morgan fingerprint density at radius 2 is 1.89 bits per heavy atom. The van der Waals surface area contributed by atoms with Crippen LogP contribution in [0.15, 0.2) is 41.2 Å². The number of H-pyrrole nitrogens is 2. The predicted octanol–water partition coefficient (Wildman–Crippen LogP) is 3.45. The van der Waals surface area contributed by atoms with Gasteiger partial charge in [-0.1, -0.05) is 0 Å². The topological polar surface area (TPSA) is 111 Å². The van der Waals surface area contributed by atoms with Crippen LogP contribution in [0.2, 0.25) is 0 Å². The van der Waals surface area contributed by atoms with E-state index in [1.165, 1.54) is 6.07 Å². The molecule has 1 aliphatic rings. The first kappa shape index (κ1) is 22.9. The molecule has 0 aliphatic carbocycles. The van der Waals surface area contributed by atoms with Gasteiger partial charge >= 0.3 is 6.18 Å². The van der Waals surface area contributed by atoms with Gasteiger partial charge in [0.25, 0.3) is 11.5 Å². The van der Waals surface area contributed by atoms with Crippen LogP contribution in [0, 0.1) is 0 Å². The molecule has 1 unspecified atom stereocenters. The molecule has 1 aliphatic heterocycles. The van der Waals surface area contributed by atoms with Crippen LogP contribution in [0.4, 0.5) is 18.9 Å². The highest BCUT2D eigenvalue weighted by Gasteiger charge is 2.31. The number of hydrogen-bond donors (Lipinski definition) is 3. The molecule has 3 heterocycles. The van der Waals surface area contributed by atoms with Crippen molar-refractivity contribution in [3.05, 3.63) is 57.9 Å². The number of fused-ring (bicyclic) bond motifs is 2. The molecule has 182 valence electrons. The van der Waals surface area contributed by atoms with Crippen LogP contribution in [0.3, 0.4) is 0 Å². The van der Waals surface area contributed by atoms with E-state index in [1.54, 1.807) is 23.1 Å². The molecule has 0 spiro atoms. The first-order valence-electron chi connectivity index (χ1n) is 11.0. The highest BCUT2D eigenvalue weighted by Crippen LogP contribution is 2.33. The Labute approximate surface area is 197 Å². The summed E-state index contributed by atoms with van der Waals surface area (Å²) < 4.78 is 39.4. The van der Waals surface area contributed by atoms with Gasteiger partial charge in [0.15, 0.2) is 5.69 Å². The van der Waals surface area contributed by atoms with Crippen molar-refractivity contribution in [3.63, 3.8) is 0 Å². The van der Waals surface area contributed by atoms with Gasteiger partial charge in [-0.2, -0.15) is 13.2 Å². The molecule has 35 heavy (non-hydrogen) atoms. The third-order valence-electron chi connectivity index (χ3n) is 6.52. The van der Waals surface area contributed by atoms with Crippen LogP contribution in [-0.4, -0.2) is 63.9 Å². The molecule has 0 bridgehead atoms. The molecule has 4 aromatic rings. The summed E-state index contributed by atoms with van der Waals surface area (Å²) >= 11 is 0. The van der Waals surface area contributed by atoms with Gasteiger partial charge in [-0.05, 0) is 56.9 Å². The van der Waals surface area contributed by atoms with Gasteiger partial charge in [-0.25, -0.2) is 4.98 Å². The molecule has 2 aromatic heterocycles. The fourth-order valence-electron chi connectivity index (χ4n) is 4.49. The first-order chi connectivity index (χ1) is 16.5. The number of nitrogen functional groups attached to an aromatic ring is 1. The average Bonchev–Trinajstić information content (AvgIpc) is 3.42. The summed E-state index contributed by atoms with van der Waals surface area (Å²) in [6.45, 7) is 1.29. The van der Waals surface area contributed by atoms with Gasteiger partial charge in [0.1, 0.15) is 0 Å². The lowest BCUT2D eigenvalue weighted by Gasteiger charge is -2.20. The number of alkyl halides is 3. The Hall–Kier alpha value is -3.86. The van der Waals surface area contributed by atoms with Crippen molar-refractivity contribution in [2.75, 3.05) is 32.9 Å². The number of likely N-dealkylation sites (N-methyl/N-ethyl adjacent to an activating group) is 1. The molecule has 1 fully saturated rings. The maximum absolute atomic E-state index is 13.1. The number of amides is 1. The number of likely N-dealkylation sites (tertiary alicyclic amines) is 1. The number of nitrogens with one attached hydrogen (secondary N) is 2. The summed E-state index contributed by atoms with van der Waals surface area (Å²) in [5.74, 6) is -0.111. The maximum Gasteiger partial charge on any atom is 0.416 e. The number of nitrogens with zero attached hydrogens (tertiary/aromatic N) is 3. The van der Waals surface area contributed by atoms with E-state index < -0.39 is 17.3 Å². The van der Waals surface area contributed by atoms with Crippen molar-refractivity contribution >= 4 is 33.5 Å². The number of aromatic amines is 2. The van der Waals surface area contributed by atoms with Crippen molar-refractivity contribution in [2.45, 2.75) is 18.6 Å². The zero-order valence-electron chi connectivity index (χ0n) is 19.0. The monoisotopic (exact) mass is 484 g/mol. The normalized spacial score (nSPS) is 16.6. The number of nitrogens with two attached hydrogens (primary N) is 1. The van der Waals surface area contributed by atoms with E-state index in [9.17, 15) is 22.8 Å². The van der Waals surface area contributed by atoms with Crippen molar-refractivity contribution in [1.29, 1.82) is 0 Å². The van der Waals surface area contributed by atoms with Crippen LogP contribution in [0.25, 0.3) is 33.3 Å². The summed E-state index contributed by atoms with van der Waals surface area (Å²) in [6, 6.07) is 8.27. The van der Waals surface area contributed by atoms with Gasteiger partial charge in [0.05, 0.1) is 28.0 Å². The molecule has 1 amide bonds. The Morgan fingerprint density at radius 3 is 2.57 bits per heavy atom. The third-order valence-corrected chi connectivity index (χ3v) is 6.52. The lowest BCUT2D eigenvalue weighted by Crippen LogP contribution is -2.34. The molecular weight excluding hydrogens is 461 g/mol.